The molecular formula is C12H20N4O2. The van der Waals surface area contributed by atoms with E-state index in [-0.39, 0.29) is 11.3 Å². The van der Waals surface area contributed by atoms with Crippen molar-refractivity contribution >= 4 is 17.4 Å². The van der Waals surface area contributed by atoms with E-state index in [2.05, 4.69) is 24.1 Å². The second kappa shape index (κ2) is 6.80. The van der Waals surface area contributed by atoms with Gasteiger partial charge in [-0.2, -0.15) is 0 Å². The standard InChI is InChI=1S/C12H20N4O2/c1-8(2)7-18-4-3-15-11-5-9(12(14)17)10(13)6-16-11/h5-6,8H,3-4,7,13H2,1-2H3,(H2,14,17)(H,15,16). The monoisotopic (exact) mass is 252 g/mol. The summed E-state index contributed by atoms with van der Waals surface area (Å²) in [5.41, 5.74) is 11.3. The molecule has 6 nitrogen and oxygen atoms in total. The first-order valence-corrected chi connectivity index (χ1v) is 5.87. The number of pyridine rings is 1. The van der Waals surface area contributed by atoms with E-state index < -0.39 is 5.91 Å². The number of nitrogens with zero attached hydrogens (tertiary/aromatic N) is 1. The molecule has 1 rings (SSSR count). The van der Waals surface area contributed by atoms with Crippen LogP contribution >= 0.6 is 0 Å². The molecule has 0 aliphatic rings. The molecule has 0 spiro atoms. The van der Waals surface area contributed by atoms with Crippen molar-refractivity contribution < 1.29 is 9.53 Å². The minimum Gasteiger partial charge on any atom is -0.397 e. The van der Waals surface area contributed by atoms with Gasteiger partial charge in [-0.3, -0.25) is 4.79 Å². The van der Waals surface area contributed by atoms with Crippen LogP contribution in [0.1, 0.15) is 24.2 Å². The Kier molecular flexibility index (Phi) is 5.38. The average Bonchev–Trinajstić information content (AvgIpc) is 2.30. The van der Waals surface area contributed by atoms with Gasteiger partial charge in [-0.15, -0.1) is 0 Å². The van der Waals surface area contributed by atoms with E-state index >= 15 is 0 Å². The van der Waals surface area contributed by atoms with Gasteiger partial charge >= 0.3 is 0 Å². The highest BCUT2D eigenvalue weighted by molar-refractivity contribution is 5.98. The molecule has 0 atom stereocenters. The van der Waals surface area contributed by atoms with Crippen molar-refractivity contribution in [1.82, 2.24) is 4.98 Å². The fourth-order valence-electron chi connectivity index (χ4n) is 1.35. The summed E-state index contributed by atoms with van der Waals surface area (Å²) in [5.74, 6) is 0.515. The maximum atomic E-state index is 11.1. The van der Waals surface area contributed by atoms with Crippen LogP contribution < -0.4 is 16.8 Å². The lowest BCUT2D eigenvalue weighted by atomic mass is 10.2. The van der Waals surface area contributed by atoms with Gasteiger partial charge in [0.05, 0.1) is 24.1 Å². The van der Waals surface area contributed by atoms with Gasteiger partial charge in [0, 0.05) is 13.2 Å². The number of rotatable bonds is 7. The van der Waals surface area contributed by atoms with Gasteiger partial charge in [-0.05, 0) is 12.0 Å². The van der Waals surface area contributed by atoms with Crippen LogP contribution in [-0.4, -0.2) is 30.6 Å². The van der Waals surface area contributed by atoms with Crippen molar-refractivity contribution in [2.75, 3.05) is 30.8 Å². The van der Waals surface area contributed by atoms with Crippen molar-refractivity contribution in [2.45, 2.75) is 13.8 Å². The lowest BCUT2D eigenvalue weighted by Gasteiger charge is -2.09. The zero-order valence-electron chi connectivity index (χ0n) is 10.8. The number of hydrogen-bond donors (Lipinski definition) is 3. The zero-order valence-corrected chi connectivity index (χ0v) is 10.8. The Morgan fingerprint density at radius 3 is 2.89 bits per heavy atom. The third kappa shape index (κ3) is 4.58. The lowest BCUT2D eigenvalue weighted by Crippen LogP contribution is -2.16. The highest BCUT2D eigenvalue weighted by Gasteiger charge is 2.07. The maximum Gasteiger partial charge on any atom is 0.250 e. The second-order valence-electron chi connectivity index (χ2n) is 4.42. The first-order valence-electron chi connectivity index (χ1n) is 5.87. The fourth-order valence-corrected chi connectivity index (χ4v) is 1.35. The molecule has 1 heterocycles. The van der Waals surface area contributed by atoms with E-state index in [9.17, 15) is 4.79 Å². The van der Waals surface area contributed by atoms with Crippen molar-refractivity contribution in [3.8, 4) is 0 Å². The molecule has 18 heavy (non-hydrogen) atoms. The van der Waals surface area contributed by atoms with Gasteiger partial charge in [0.2, 0.25) is 0 Å². The maximum absolute atomic E-state index is 11.1. The molecule has 1 aromatic heterocycles. The van der Waals surface area contributed by atoms with E-state index in [0.717, 1.165) is 6.61 Å². The second-order valence-corrected chi connectivity index (χ2v) is 4.42. The Morgan fingerprint density at radius 2 is 2.28 bits per heavy atom. The molecule has 0 unspecified atom stereocenters. The molecule has 0 bridgehead atoms. The molecule has 6 heteroatoms. The summed E-state index contributed by atoms with van der Waals surface area (Å²) in [6.07, 6.45) is 1.41. The average molecular weight is 252 g/mol. The Bertz CT molecular complexity index is 407. The molecule has 1 amide bonds. The molecule has 100 valence electrons. The number of carbonyl (C=O) groups is 1. The number of primary amides is 1. The third-order valence-corrected chi connectivity index (χ3v) is 2.20. The largest absolute Gasteiger partial charge is 0.397 e. The van der Waals surface area contributed by atoms with E-state index in [1.54, 1.807) is 6.07 Å². The molecule has 0 saturated heterocycles. The first-order chi connectivity index (χ1) is 8.50. The Labute approximate surface area is 107 Å². The summed E-state index contributed by atoms with van der Waals surface area (Å²) in [6, 6.07) is 1.54. The fraction of sp³-hybridized carbons (Fsp3) is 0.500. The number of ether oxygens (including phenoxy) is 1. The van der Waals surface area contributed by atoms with Crippen molar-refractivity contribution in [1.29, 1.82) is 0 Å². The Hall–Kier alpha value is -1.82. The molecule has 0 saturated carbocycles. The van der Waals surface area contributed by atoms with Crippen molar-refractivity contribution in [3.05, 3.63) is 17.8 Å². The van der Waals surface area contributed by atoms with Gasteiger partial charge in [0.25, 0.3) is 5.91 Å². The summed E-state index contributed by atoms with van der Waals surface area (Å²) in [5, 5.41) is 3.04. The molecule has 1 aromatic rings. The summed E-state index contributed by atoms with van der Waals surface area (Å²) in [4.78, 5) is 15.1. The van der Waals surface area contributed by atoms with Crippen molar-refractivity contribution in [3.63, 3.8) is 0 Å². The van der Waals surface area contributed by atoms with Gasteiger partial charge in [0.1, 0.15) is 5.82 Å². The Balaban J connectivity index is 2.43. The molecule has 0 aromatic carbocycles. The number of nitrogen functional groups attached to an aromatic ring is 1. The summed E-state index contributed by atoms with van der Waals surface area (Å²) >= 11 is 0. The van der Waals surface area contributed by atoms with Gasteiger partial charge < -0.3 is 21.5 Å². The summed E-state index contributed by atoms with van der Waals surface area (Å²) < 4.78 is 5.41. The van der Waals surface area contributed by atoms with Crippen LogP contribution in [0.25, 0.3) is 0 Å². The SMILES string of the molecule is CC(C)COCCNc1cc(C(N)=O)c(N)cn1. The quantitative estimate of drug-likeness (QED) is 0.624. The minimum atomic E-state index is -0.561. The molecule has 0 fully saturated rings. The summed E-state index contributed by atoms with van der Waals surface area (Å²) in [7, 11) is 0. The molecule has 0 aliphatic carbocycles. The van der Waals surface area contributed by atoms with E-state index in [1.807, 2.05) is 0 Å². The van der Waals surface area contributed by atoms with Crippen LogP contribution in [-0.2, 0) is 4.74 Å². The Morgan fingerprint density at radius 1 is 1.56 bits per heavy atom. The number of anilines is 2. The summed E-state index contributed by atoms with van der Waals surface area (Å²) in [6.45, 7) is 6.10. The van der Waals surface area contributed by atoms with Gasteiger partial charge in [-0.1, -0.05) is 13.8 Å². The molecule has 0 aliphatic heterocycles. The zero-order chi connectivity index (χ0) is 13.5. The predicted molar refractivity (Wildman–Crippen MR) is 71.3 cm³/mol. The third-order valence-electron chi connectivity index (χ3n) is 2.20. The first kappa shape index (κ1) is 14.2. The van der Waals surface area contributed by atoms with Crippen LogP contribution in [0.5, 0.6) is 0 Å². The molecule has 0 radical (unpaired) electrons. The van der Waals surface area contributed by atoms with E-state index in [0.29, 0.717) is 24.9 Å². The number of carbonyl (C=O) groups excluding carboxylic acids is 1. The topological polar surface area (TPSA) is 103 Å². The van der Waals surface area contributed by atoms with Crippen molar-refractivity contribution in [2.24, 2.45) is 11.7 Å². The van der Waals surface area contributed by atoms with Crippen LogP contribution in [0.2, 0.25) is 0 Å². The number of nitrogens with two attached hydrogens (primary N) is 2. The van der Waals surface area contributed by atoms with Crippen LogP contribution in [0.3, 0.4) is 0 Å². The number of hydrogen-bond acceptors (Lipinski definition) is 5. The predicted octanol–water partition coefficient (Wildman–Crippen LogP) is 0.847. The van der Waals surface area contributed by atoms with Crippen LogP contribution in [0.15, 0.2) is 12.3 Å². The minimum absolute atomic E-state index is 0.274. The number of amides is 1. The molecular weight excluding hydrogens is 232 g/mol. The molecule has 5 N–H and O–H groups in total. The van der Waals surface area contributed by atoms with Crippen LogP contribution in [0, 0.1) is 5.92 Å². The van der Waals surface area contributed by atoms with E-state index in [4.69, 9.17) is 16.2 Å². The van der Waals surface area contributed by atoms with Crippen LogP contribution in [0.4, 0.5) is 11.5 Å². The van der Waals surface area contributed by atoms with Gasteiger partial charge in [0.15, 0.2) is 0 Å². The highest BCUT2D eigenvalue weighted by Crippen LogP contribution is 2.13. The van der Waals surface area contributed by atoms with Gasteiger partial charge in [-0.25, -0.2) is 4.98 Å². The highest BCUT2D eigenvalue weighted by atomic mass is 16.5. The van der Waals surface area contributed by atoms with E-state index in [1.165, 1.54) is 6.20 Å². The lowest BCUT2D eigenvalue weighted by molar-refractivity contribution is 0.100. The smallest absolute Gasteiger partial charge is 0.250 e. The number of aromatic nitrogens is 1. The number of nitrogens with one attached hydrogen (secondary N) is 1. The normalized spacial score (nSPS) is 10.6.